The summed E-state index contributed by atoms with van der Waals surface area (Å²) in [4.78, 5) is 0. The highest BCUT2D eigenvalue weighted by Crippen LogP contribution is 2.11. The van der Waals surface area contributed by atoms with E-state index in [4.69, 9.17) is 15.7 Å². The van der Waals surface area contributed by atoms with Crippen LogP contribution in [0.1, 0.15) is 19.4 Å². The maximum Gasteiger partial charge on any atom is 0.234 e. The third kappa shape index (κ3) is 5.45. The first kappa shape index (κ1) is 16.3. The fourth-order valence-electron chi connectivity index (χ4n) is 1.39. The van der Waals surface area contributed by atoms with Gasteiger partial charge < -0.3 is 15.7 Å². The van der Waals surface area contributed by atoms with E-state index in [1.165, 1.54) is 12.1 Å². The SMILES string of the molecule is CC(C)OCCS(=O)(=O)Nc1ccc(C(N)=NO)cc1. The molecule has 0 radical (unpaired) electrons. The van der Waals surface area contributed by atoms with Crippen LogP contribution in [-0.2, 0) is 14.8 Å². The molecular weight excluding hydrogens is 282 g/mol. The van der Waals surface area contributed by atoms with Crippen LogP contribution in [0.5, 0.6) is 0 Å². The van der Waals surface area contributed by atoms with Crippen molar-refractivity contribution in [3.8, 4) is 0 Å². The van der Waals surface area contributed by atoms with Crippen LogP contribution in [0.4, 0.5) is 5.69 Å². The molecule has 0 aliphatic carbocycles. The van der Waals surface area contributed by atoms with Gasteiger partial charge in [0.1, 0.15) is 0 Å². The third-order valence-corrected chi connectivity index (χ3v) is 3.62. The summed E-state index contributed by atoms with van der Waals surface area (Å²) < 4.78 is 31.2. The number of anilines is 1. The van der Waals surface area contributed by atoms with Crippen molar-refractivity contribution in [2.24, 2.45) is 10.9 Å². The monoisotopic (exact) mass is 301 g/mol. The number of amidine groups is 1. The first-order chi connectivity index (χ1) is 9.34. The lowest BCUT2D eigenvalue weighted by atomic mass is 10.2. The lowest BCUT2D eigenvalue weighted by Gasteiger charge is -2.10. The molecular formula is C12H19N3O4S. The van der Waals surface area contributed by atoms with Gasteiger partial charge in [0.15, 0.2) is 5.84 Å². The van der Waals surface area contributed by atoms with E-state index in [9.17, 15) is 8.42 Å². The number of nitrogens with two attached hydrogens (primary N) is 1. The largest absolute Gasteiger partial charge is 0.409 e. The molecule has 0 aliphatic heterocycles. The minimum atomic E-state index is -3.45. The van der Waals surface area contributed by atoms with Crippen molar-refractivity contribution in [2.45, 2.75) is 20.0 Å². The first-order valence-corrected chi connectivity index (χ1v) is 7.69. The quantitative estimate of drug-likeness (QED) is 0.300. The standard InChI is InChI=1S/C12H19N3O4S/c1-9(2)19-7-8-20(17,18)15-11-5-3-10(4-6-11)12(13)14-16/h3-6,9,15-16H,7-8H2,1-2H3,(H2,13,14). The highest BCUT2D eigenvalue weighted by molar-refractivity contribution is 7.92. The maximum absolute atomic E-state index is 11.8. The summed E-state index contributed by atoms with van der Waals surface area (Å²) in [5.41, 5.74) is 6.32. The second-order valence-electron chi connectivity index (χ2n) is 4.40. The zero-order valence-electron chi connectivity index (χ0n) is 11.4. The predicted molar refractivity (Wildman–Crippen MR) is 77.5 cm³/mol. The molecule has 0 amide bonds. The normalized spacial score (nSPS) is 12.7. The number of benzene rings is 1. The Balaban J connectivity index is 2.63. The highest BCUT2D eigenvalue weighted by atomic mass is 32.2. The summed E-state index contributed by atoms with van der Waals surface area (Å²) in [5.74, 6) is -0.155. The van der Waals surface area contributed by atoms with Gasteiger partial charge in [-0.1, -0.05) is 5.16 Å². The molecule has 0 aliphatic rings. The zero-order chi connectivity index (χ0) is 15.2. The smallest absolute Gasteiger partial charge is 0.234 e. The van der Waals surface area contributed by atoms with Gasteiger partial charge in [0, 0.05) is 11.3 Å². The molecule has 7 nitrogen and oxygen atoms in total. The molecule has 0 saturated heterocycles. The van der Waals surface area contributed by atoms with E-state index in [1.54, 1.807) is 12.1 Å². The van der Waals surface area contributed by atoms with Crippen molar-refractivity contribution in [1.82, 2.24) is 0 Å². The van der Waals surface area contributed by atoms with Gasteiger partial charge in [-0.25, -0.2) is 8.42 Å². The Morgan fingerprint density at radius 3 is 2.50 bits per heavy atom. The van der Waals surface area contributed by atoms with Gasteiger partial charge in [-0.15, -0.1) is 0 Å². The van der Waals surface area contributed by atoms with Gasteiger partial charge in [0.2, 0.25) is 10.0 Å². The average Bonchev–Trinajstić information content (AvgIpc) is 2.37. The second kappa shape index (κ2) is 7.11. The van der Waals surface area contributed by atoms with Crippen molar-refractivity contribution in [2.75, 3.05) is 17.1 Å². The molecule has 8 heteroatoms. The molecule has 1 rings (SSSR count). The number of oxime groups is 1. The minimum absolute atomic E-state index is 0.00905. The molecule has 0 saturated carbocycles. The number of ether oxygens (including phenoxy) is 1. The van der Waals surface area contributed by atoms with Crippen LogP contribution in [0.3, 0.4) is 0 Å². The number of sulfonamides is 1. The van der Waals surface area contributed by atoms with Crippen LogP contribution in [0.2, 0.25) is 0 Å². The Labute approximate surface area is 118 Å². The van der Waals surface area contributed by atoms with Crippen LogP contribution >= 0.6 is 0 Å². The first-order valence-electron chi connectivity index (χ1n) is 6.04. The fraction of sp³-hybridized carbons (Fsp3) is 0.417. The van der Waals surface area contributed by atoms with Gasteiger partial charge in [-0.05, 0) is 38.1 Å². The molecule has 1 aromatic carbocycles. The molecule has 4 N–H and O–H groups in total. The van der Waals surface area contributed by atoms with Gasteiger partial charge in [0.05, 0.1) is 18.5 Å². The van der Waals surface area contributed by atoms with Crippen molar-refractivity contribution < 1.29 is 18.4 Å². The molecule has 20 heavy (non-hydrogen) atoms. The van der Waals surface area contributed by atoms with E-state index in [0.29, 0.717) is 11.3 Å². The molecule has 0 atom stereocenters. The minimum Gasteiger partial charge on any atom is -0.409 e. The maximum atomic E-state index is 11.8. The highest BCUT2D eigenvalue weighted by Gasteiger charge is 2.11. The van der Waals surface area contributed by atoms with E-state index < -0.39 is 10.0 Å². The van der Waals surface area contributed by atoms with E-state index >= 15 is 0 Å². The van der Waals surface area contributed by atoms with Crippen LogP contribution in [0, 0.1) is 0 Å². The second-order valence-corrected chi connectivity index (χ2v) is 6.24. The van der Waals surface area contributed by atoms with Crippen LogP contribution < -0.4 is 10.5 Å². The van der Waals surface area contributed by atoms with Gasteiger partial charge in [0.25, 0.3) is 0 Å². The van der Waals surface area contributed by atoms with Gasteiger partial charge >= 0.3 is 0 Å². The molecule has 0 spiro atoms. The summed E-state index contributed by atoms with van der Waals surface area (Å²) in [7, 11) is -3.45. The number of rotatable bonds is 7. The summed E-state index contributed by atoms with van der Waals surface area (Å²) in [6.45, 7) is 3.81. The van der Waals surface area contributed by atoms with Crippen molar-refractivity contribution in [3.63, 3.8) is 0 Å². The Morgan fingerprint density at radius 2 is 2.00 bits per heavy atom. The van der Waals surface area contributed by atoms with Gasteiger partial charge in [-0.2, -0.15) is 0 Å². The van der Waals surface area contributed by atoms with Crippen LogP contribution in [0.15, 0.2) is 29.4 Å². The Bertz CT molecular complexity index is 553. The molecule has 0 aromatic heterocycles. The molecule has 0 bridgehead atoms. The van der Waals surface area contributed by atoms with E-state index in [1.807, 2.05) is 13.8 Å². The van der Waals surface area contributed by atoms with E-state index in [-0.39, 0.29) is 24.3 Å². The number of hydrogen-bond acceptors (Lipinski definition) is 5. The molecule has 0 unspecified atom stereocenters. The summed E-state index contributed by atoms with van der Waals surface area (Å²) >= 11 is 0. The Kier molecular flexibility index (Phi) is 5.78. The van der Waals surface area contributed by atoms with E-state index in [0.717, 1.165) is 0 Å². The molecule has 112 valence electrons. The number of nitrogens with zero attached hydrogens (tertiary/aromatic N) is 1. The van der Waals surface area contributed by atoms with Crippen molar-refractivity contribution in [1.29, 1.82) is 0 Å². The van der Waals surface area contributed by atoms with Gasteiger partial charge in [-0.3, -0.25) is 4.72 Å². The number of hydrogen-bond donors (Lipinski definition) is 3. The summed E-state index contributed by atoms with van der Waals surface area (Å²) in [6.07, 6.45) is -0.00905. The average molecular weight is 301 g/mol. The lowest BCUT2D eigenvalue weighted by Crippen LogP contribution is -2.21. The molecule has 1 aromatic rings. The van der Waals surface area contributed by atoms with E-state index in [2.05, 4.69) is 9.88 Å². The zero-order valence-corrected chi connectivity index (χ0v) is 12.2. The summed E-state index contributed by atoms with van der Waals surface area (Å²) in [5, 5.41) is 11.4. The fourth-order valence-corrected chi connectivity index (χ4v) is 2.30. The summed E-state index contributed by atoms with van der Waals surface area (Å²) in [6, 6.07) is 6.18. The number of nitrogens with one attached hydrogen (secondary N) is 1. The Morgan fingerprint density at radius 1 is 1.40 bits per heavy atom. The van der Waals surface area contributed by atoms with Crippen LogP contribution in [-0.4, -0.2) is 37.9 Å². The topological polar surface area (TPSA) is 114 Å². The van der Waals surface area contributed by atoms with Crippen molar-refractivity contribution in [3.05, 3.63) is 29.8 Å². The third-order valence-electron chi connectivity index (χ3n) is 2.37. The van der Waals surface area contributed by atoms with Crippen molar-refractivity contribution >= 4 is 21.5 Å². The van der Waals surface area contributed by atoms with Crippen LogP contribution in [0.25, 0.3) is 0 Å². The lowest BCUT2D eigenvalue weighted by molar-refractivity contribution is 0.0913. The predicted octanol–water partition coefficient (Wildman–Crippen LogP) is 0.948. The molecule has 0 heterocycles. The Hall–Kier alpha value is -1.80. The molecule has 0 fully saturated rings.